The van der Waals surface area contributed by atoms with E-state index in [1.54, 1.807) is 0 Å². The first-order valence-corrected chi connectivity index (χ1v) is 11.4. The largest absolute Gasteiger partial charge is 0.493 e. The van der Waals surface area contributed by atoms with Gasteiger partial charge in [0.15, 0.2) is 5.43 Å². The van der Waals surface area contributed by atoms with Gasteiger partial charge in [0.1, 0.15) is 11.5 Å². The number of benzene rings is 2. The van der Waals surface area contributed by atoms with Crippen molar-refractivity contribution in [3.63, 3.8) is 0 Å². The zero-order valence-electron chi connectivity index (χ0n) is 20.8. The molecule has 1 heterocycles. The number of ether oxygens (including phenoxy) is 2. The molecule has 0 aliphatic carbocycles. The SMILES string of the molecule is Cn1c2ccc(OCCC[N+](C)(C)C)cc2c(=O)c2ccc(OCCC[N+](C)(C)C)cc21. The van der Waals surface area contributed by atoms with Crippen molar-refractivity contribution in [2.24, 2.45) is 7.05 Å². The minimum Gasteiger partial charge on any atom is -0.493 e. The van der Waals surface area contributed by atoms with E-state index >= 15 is 0 Å². The second-order valence-corrected chi connectivity index (χ2v) is 10.7. The number of aromatic nitrogens is 1. The number of fused-ring (bicyclic) bond motifs is 2. The van der Waals surface area contributed by atoms with Gasteiger partial charge in [-0.15, -0.1) is 0 Å². The van der Waals surface area contributed by atoms with E-state index in [-0.39, 0.29) is 5.43 Å². The molecule has 6 nitrogen and oxygen atoms in total. The second kappa shape index (κ2) is 9.51. The Labute approximate surface area is 191 Å². The summed E-state index contributed by atoms with van der Waals surface area (Å²) in [4.78, 5) is 13.2. The van der Waals surface area contributed by atoms with E-state index in [0.717, 1.165) is 57.4 Å². The van der Waals surface area contributed by atoms with Crippen LogP contribution >= 0.6 is 0 Å². The Hall–Kier alpha value is -2.57. The van der Waals surface area contributed by atoms with Gasteiger partial charge in [0.05, 0.1) is 79.6 Å². The fourth-order valence-corrected chi connectivity index (χ4v) is 3.88. The van der Waals surface area contributed by atoms with Crippen LogP contribution in [-0.2, 0) is 7.05 Å². The third-order valence-corrected chi connectivity index (χ3v) is 5.63. The van der Waals surface area contributed by atoms with E-state index < -0.39 is 0 Å². The van der Waals surface area contributed by atoms with E-state index in [2.05, 4.69) is 46.9 Å². The average Bonchev–Trinajstić information content (AvgIpc) is 2.71. The molecule has 0 bridgehead atoms. The van der Waals surface area contributed by atoms with Crippen LogP contribution in [0.3, 0.4) is 0 Å². The summed E-state index contributed by atoms with van der Waals surface area (Å²) in [5, 5.41) is 1.38. The molecule has 2 aromatic carbocycles. The maximum Gasteiger partial charge on any atom is 0.197 e. The van der Waals surface area contributed by atoms with Gasteiger partial charge in [-0.3, -0.25) is 4.79 Å². The van der Waals surface area contributed by atoms with Crippen molar-refractivity contribution < 1.29 is 18.4 Å². The van der Waals surface area contributed by atoms with Crippen LogP contribution in [0.1, 0.15) is 12.8 Å². The lowest BCUT2D eigenvalue weighted by Gasteiger charge is -2.23. The highest BCUT2D eigenvalue weighted by Gasteiger charge is 2.12. The van der Waals surface area contributed by atoms with Crippen LogP contribution in [0.2, 0.25) is 0 Å². The molecule has 0 aliphatic heterocycles. The Morgan fingerprint density at radius 2 is 1.25 bits per heavy atom. The van der Waals surface area contributed by atoms with Gasteiger partial charge in [0.25, 0.3) is 0 Å². The minimum absolute atomic E-state index is 0.0292. The van der Waals surface area contributed by atoms with Crippen LogP contribution in [0.15, 0.2) is 41.2 Å². The van der Waals surface area contributed by atoms with Crippen LogP contribution < -0.4 is 14.9 Å². The Morgan fingerprint density at radius 3 is 1.81 bits per heavy atom. The predicted molar refractivity (Wildman–Crippen MR) is 133 cm³/mol. The Morgan fingerprint density at radius 1 is 0.719 bits per heavy atom. The van der Waals surface area contributed by atoms with E-state index in [4.69, 9.17) is 9.47 Å². The summed E-state index contributed by atoms with van der Waals surface area (Å²) in [6.45, 7) is 3.40. The van der Waals surface area contributed by atoms with E-state index in [1.807, 2.05) is 43.4 Å². The van der Waals surface area contributed by atoms with Gasteiger partial charge in [-0.05, 0) is 30.3 Å². The summed E-state index contributed by atoms with van der Waals surface area (Å²) in [5.74, 6) is 1.54. The number of rotatable bonds is 10. The highest BCUT2D eigenvalue weighted by atomic mass is 16.5. The molecule has 0 saturated heterocycles. The second-order valence-electron chi connectivity index (χ2n) is 10.7. The van der Waals surface area contributed by atoms with Crippen molar-refractivity contribution in [3.8, 4) is 11.5 Å². The molecule has 1 aromatic heterocycles. The summed E-state index contributed by atoms with van der Waals surface area (Å²) in [6, 6.07) is 11.5. The van der Waals surface area contributed by atoms with Crippen LogP contribution in [0.25, 0.3) is 21.8 Å². The first-order chi connectivity index (χ1) is 14.9. The summed E-state index contributed by atoms with van der Waals surface area (Å²) >= 11 is 0. The lowest BCUT2D eigenvalue weighted by molar-refractivity contribution is -0.870. The zero-order valence-corrected chi connectivity index (χ0v) is 20.8. The number of quaternary nitrogens is 2. The topological polar surface area (TPSA) is 40.5 Å². The quantitative estimate of drug-likeness (QED) is 0.274. The molecule has 0 unspecified atom stereocenters. The molecule has 32 heavy (non-hydrogen) atoms. The summed E-state index contributed by atoms with van der Waals surface area (Å²) < 4.78 is 15.8. The van der Waals surface area contributed by atoms with Crippen molar-refractivity contribution in [2.75, 3.05) is 68.6 Å². The van der Waals surface area contributed by atoms with Gasteiger partial charge in [-0.1, -0.05) is 0 Å². The Bertz CT molecular complexity index is 1140. The lowest BCUT2D eigenvalue weighted by Crippen LogP contribution is -2.36. The van der Waals surface area contributed by atoms with Crippen LogP contribution in [0.5, 0.6) is 11.5 Å². The van der Waals surface area contributed by atoms with Crippen molar-refractivity contribution in [1.82, 2.24) is 4.57 Å². The molecule has 0 atom stereocenters. The van der Waals surface area contributed by atoms with Crippen molar-refractivity contribution in [3.05, 3.63) is 46.6 Å². The molecule has 0 amide bonds. The monoisotopic (exact) mass is 441 g/mol. The van der Waals surface area contributed by atoms with Crippen molar-refractivity contribution in [2.45, 2.75) is 12.8 Å². The average molecular weight is 442 g/mol. The fourth-order valence-electron chi connectivity index (χ4n) is 3.88. The van der Waals surface area contributed by atoms with Gasteiger partial charge in [-0.2, -0.15) is 0 Å². The molecule has 174 valence electrons. The van der Waals surface area contributed by atoms with Gasteiger partial charge in [0, 0.05) is 36.7 Å². The minimum atomic E-state index is 0.0292. The maximum atomic E-state index is 13.2. The van der Waals surface area contributed by atoms with Gasteiger partial charge < -0.3 is 23.0 Å². The molecule has 3 rings (SSSR count). The molecule has 6 heteroatoms. The molecular formula is C26H39N3O3+2. The van der Waals surface area contributed by atoms with Crippen LogP contribution in [-0.4, -0.2) is 82.1 Å². The smallest absolute Gasteiger partial charge is 0.197 e. The maximum absolute atomic E-state index is 13.2. The zero-order chi connectivity index (χ0) is 23.5. The fraction of sp³-hybridized carbons (Fsp3) is 0.500. The standard InChI is InChI=1S/C26H39N3O3/c1-27-24-13-11-20(31-16-8-14-28(2,3)4)18-23(24)26(30)22-12-10-21(19-25(22)27)32-17-9-15-29(5,6)7/h10-13,18-19H,8-9,14-17H2,1-7H3/q+2. The molecular weight excluding hydrogens is 402 g/mol. The molecule has 0 radical (unpaired) electrons. The number of aryl methyl sites for hydroxylation is 1. The number of hydrogen-bond donors (Lipinski definition) is 0. The lowest BCUT2D eigenvalue weighted by atomic mass is 10.1. The molecule has 0 aliphatic rings. The molecule has 0 saturated carbocycles. The predicted octanol–water partition coefficient (Wildman–Crippen LogP) is 3.64. The highest BCUT2D eigenvalue weighted by molar-refractivity contribution is 5.94. The summed E-state index contributed by atoms with van der Waals surface area (Å²) in [5.41, 5.74) is 1.80. The molecule has 0 spiro atoms. The van der Waals surface area contributed by atoms with E-state index in [0.29, 0.717) is 24.0 Å². The Balaban J connectivity index is 1.80. The molecule has 3 aromatic rings. The van der Waals surface area contributed by atoms with E-state index in [1.165, 1.54) is 0 Å². The number of nitrogens with zero attached hydrogens (tertiary/aromatic N) is 3. The third-order valence-electron chi connectivity index (χ3n) is 5.63. The molecule has 0 fully saturated rings. The van der Waals surface area contributed by atoms with Crippen LogP contribution in [0.4, 0.5) is 0 Å². The summed E-state index contributed by atoms with van der Waals surface area (Å²) in [6.07, 6.45) is 1.95. The van der Waals surface area contributed by atoms with Crippen molar-refractivity contribution >= 4 is 21.8 Å². The van der Waals surface area contributed by atoms with Gasteiger partial charge in [-0.25, -0.2) is 0 Å². The molecule has 0 N–H and O–H groups in total. The van der Waals surface area contributed by atoms with Gasteiger partial charge in [0.2, 0.25) is 0 Å². The number of pyridine rings is 1. The summed E-state index contributed by atoms with van der Waals surface area (Å²) in [7, 11) is 15.0. The first-order valence-electron chi connectivity index (χ1n) is 11.4. The normalized spacial score (nSPS) is 12.5. The van der Waals surface area contributed by atoms with Gasteiger partial charge >= 0.3 is 0 Å². The Kier molecular flexibility index (Phi) is 7.16. The number of hydrogen-bond acceptors (Lipinski definition) is 3. The highest BCUT2D eigenvalue weighted by Crippen LogP contribution is 2.25. The third kappa shape index (κ3) is 6.24. The van der Waals surface area contributed by atoms with E-state index in [9.17, 15) is 4.79 Å². The van der Waals surface area contributed by atoms with Crippen molar-refractivity contribution in [1.29, 1.82) is 0 Å². The first kappa shape index (κ1) is 24.1. The van der Waals surface area contributed by atoms with Crippen LogP contribution in [0, 0.1) is 0 Å².